The van der Waals surface area contributed by atoms with E-state index in [1.54, 1.807) is 0 Å². The second kappa shape index (κ2) is 5.34. The third-order valence-electron chi connectivity index (χ3n) is 2.61. The molecule has 0 spiro atoms. The normalized spacial score (nSPS) is 12.6. The van der Waals surface area contributed by atoms with Crippen LogP contribution in [-0.4, -0.2) is 5.16 Å². The lowest BCUT2D eigenvalue weighted by Gasteiger charge is -2.13. The van der Waals surface area contributed by atoms with Crippen molar-refractivity contribution < 1.29 is 4.52 Å². The number of hydrogen-bond acceptors (Lipinski definition) is 3. The van der Waals surface area contributed by atoms with Gasteiger partial charge in [-0.25, -0.2) is 0 Å². The molecule has 0 aliphatic rings. The summed E-state index contributed by atoms with van der Waals surface area (Å²) < 4.78 is 5.14. The number of nitrogens with one attached hydrogen (secondary N) is 1. The zero-order valence-corrected chi connectivity index (χ0v) is 10.7. The van der Waals surface area contributed by atoms with Crippen molar-refractivity contribution in [2.75, 3.05) is 0 Å². The number of rotatable bonds is 4. The summed E-state index contributed by atoms with van der Waals surface area (Å²) in [5.41, 5.74) is 2.06. The van der Waals surface area contributed by atoms with E-state index in [-0.39, 0.29) is 6.04 Å². The van der Waals surface area contributed by atoms with E-state index in [1.807, 2.05) is 31.2 Å². The third-order valence-corrected chi connectivity index (χ3v) is 2.84. The van der Waals surface area contributed by atoms with Crippen LogP contribution in [0, 0.1) is 6.92 Å². The maximum Gasteiger partial charge on any atom is 0.150 e. The fourth-order valence-corrected chi connectivity index (χ4v) is 1.85. The Balaban J connectivity index is 1.95. The van der Waals surface area contributed by atoms with Gasteiger partial charge in [-0.3, -0.25) is 0 Å². The van der Waals surface area contributed by atoms with Crippen LogP contribution in [-0.2, 0) is 6.54 Å². The van der Waals surface area contributed by atoms with Gasteiger partial charge in [-0.2, -0.15) is 0 Å². The molecule has 17 heavy (non-hydrogen) atoms. The van der Waals surface area contributed by atoms with Crippen LogP contribution < -0.4 is 5.32 Å². The predicted octanol–water partition coefficient (Wildman–Crippen LogP) is 3.49. The van der Waals surface area contributed by atoms with Crippen molar-refractivity contribution in [1.82, 2.24) is 10.5 Å². The van der Waals surface area contributed by atoms with Crippen molar-refractivity contribution in [2.24, 2.45) is 0 Å². The highest BCUT2D eigenvalue weighted by molar-refractivity contribution is 6.30. The quantitative estimate of drug-likeness (QED) is 0.903. The van der Waals surface area contributed by atoms with Crippen LogP contribution in [0.5, 0.6) is 0 Å². The molecule has 90 valence electrons. The van der Waals surface area contributed by atoms with Crippen LogP contribution in [0.1, 0.15) is 30.0 Å². The molecule has 0 aliphatic carbocycles. The summed E-state index contributed by atoms with van der Waals surface area (Å²) in [7, 11) is 0. The van der Waals surface area contributed by atoms with Gasteiger partial charge >= 0.3 is 0 Å². The van der Waals surface area contributed by atoms with Crippen molar-refractivity contribution in [3.8, 4) is 0 Å². The van der Waals surface area contributed by atoms with Crippen molar-refractivity contribution in [3.05, 3.63) is 52.4 Å². The van der Waals surface area contributed by atoms with Gasteiger partial charge in [0.05, 0.1) is 12.2 Å². The van der Waals surface area contributed by atoms with Crippen LogP contribution in [0.25, 0.3) is 0 Å². The molecule has 0 amide bonds. The van der Waals surface area contributed by atoms with E-state index in [0.29, 0.717) is 6.54 Å². The lowest BCUT2D eigenvalue weighted by atomic mass is 10.1. The third kappa shape index (κ3) is 3.32. The minimum Gasteiger partial charge on any atom is -0.360 e. The zero-order chi connectivity index (χ0) is 12.3. The summed E-state index contributed by atoms with van der Waals surface area (Å²) >= 11 is 5.95. The number of nitrogens with zero attached hydrogens (tertiary/aromatic N) is 1. The second-order valence-corrected chi connectivity index (χ2v) is 4.53. The number of halogens is 1. The minimum atomic E-state index is 0.221. The molecule has 0 aliphatic heterocycles. The molecular formula is C13H15ClN2O. The molecule has 0 radical (unpaired) electrons. The Bertz CT molecular complexity index is 496. The lowest BCUT2D eigenvalue weighted by molar-refractivity contribution is 0.363. The average Bonchev–Trinajstić information content (AvgIpc) is 2.72. The highest BCUT2D eigenvalue weighted by Crippen LogP contribution is 2.17. The second-order valence-electron chi connectivity index (χ2n) is 4.09. The van der Waals surface area contributed by atoms with E-state index in [1.165, 1.54) is 0 Å². The molecule has 0 bridgehead atoms. The molecule has 3 nitrogen and oxygen atoms in total. The van der Waals surface area contributed by atoms with Crippen molar-refractivity contribution in [1.29, 1.82) is 0 Å². The van der Waals surface area contributed by atoms with E-state index in [4.69, 9.17) is 16.1 Å². The number of aryl methyl sites for hydroxylation is 1. The van der Waals surface area contributed by atoms with E-state index >= 15 is 0 Å². The van der Waals surface area contributed by atoms with Crippen LogP contribution in [0.3, 0.4) is 0 Å². The Morgan fingerprint density at radius 2 is 2.24 bits per heavy atom. The number of hydrogen-bond donors (Lipinski definition) is 1. The Labute approximate surface area is 106 Å². The predicted molar refractivity (Wildman–Crippen MR) is 67.9 cm³/mol. The zero-order valence-electron chi connectivity index (χ0n) is 9.90. The summed E-state index contributed by atoms with van der Waals surface area (Å²) in [5.74, 6) is 0.844. The Morgan fingerprint density at radius 1 is 1.41 bits per heavy atom. The van der Waals surface area contributed by atoms with Gasteiger partial charge < -0.3 is 9.84 Å². The Hall–Kier alpha value is -1.32. The van der Waals surface area contributed by atoms with Gasteiger partial charge in [0.15, 0.2) is 5.76 Å². The average molecular weight is 251 g/mol. The molecule has 0 saturated carbocycles. The molecule has 1 aromatic heterocycles. The van der Waals surface area contributed by atoms with Gasteiger partial charge in [0.1, 0.15) is 0 Å². The van der Waals surface area contributed by atoms with Gasteiger partial charge in [-0.05, 0) is 31.5 Å². The van der Waals surface area contributed by atoms with Gasteiger partial charge in [0.25, 0.3) is 0 Å². The monoisotopic (exact) mass is 250 g/mol. The lowest BCUT2D eigenvalue weighted by Crippen LogP contribution is -2.17. The first-order chi connectivity index (χ1) is 8.15. The highest BCUT2D eigenvalue weighted by atomic mass is 35.5. The van der Waals surface area contributed by atoms with Crippen LogP contribution >= 0.6 is 11.6 Å². The molecule has 1 aromatic carbocycles. The Kier molecular flexibility index (Phi) is 3.82. The largest absolute Gasteiger partial charge is 0.360 e. The van der Waals surface area contributed by atoms with E-state index in [0.717, 1.165) is 22.0 Å². The van der Waals surface area contributed by atoms with Gasteiger partial charge in [-0.15, -0.1) is 0 Å². The topological polar surface area (TPSA) is 38.1 Å². The molecule has 2 rings (SSSR count). The summed E-state index contributed by atoms with van der Waals surface area (Å²) in [4.78, 5) is 0. The first kappa shape index (κ1) is 12.1. The SMILES string of the molecule is Cc1cc(CNC(C)c2cccc(Cl)c2)on1. The molecule has 1 heterocycles. The molecule has 4 heteroatoms. The van der Waals surface area contributed by atoms with Gasteiger partial charge in [0.2, 0.25) is 0 Å². The minimum absolute atomic E-state index is 0.221. The van der Waals surface area contributed by atoms with Gasteiger partial charge in [0, 0.05) is 17.1 Å². The number of aromatic nitrogens is 1. The fourth-order valence-electron chi connectivity index (χ4n) is 1.65. The molecular weight excluding hydrogens is 236 g/mol. The summed E-state index contributed by atoms with van der Waals surface area (Å²) in [5, 5.41) is 7.96. The fraction of sp³-hybridized carbons (Fsp3) is 0.308. The molecule has 0 saturated heterocycles. The summed E-state index contributed by atoms with van der Waals surface area (Å²) in [6, 6.07) is 9.99. The molecule has 0 fully saturated rings. The van der Waals surface area contributed by atoms with E-state index < -0.39 is 0 Å². The molecule has 2 aromatic rings. The first-order valence-electron chi connectivity index (χ1n) is 5.56. The molecule has 1 atom stereocenters. The smallest absolute Gasteiger partial charge is 0.150 e. The first-order valence-corrected chi connectivity index (χ1v) is 5.94. The van der Waals surface area contributed by atoms with Crippen LogP contribution in [0.4, 0.5) is 0 Å². The van der Waals surface area contributed by atoms with E-state index in [2.05, 4.69) is 23.5 Å². The van der Waals surface area contributed by atoms with Crippen LogP contribution in [0.15, 0.2) is 34.9 Å². The Morgan fingerprint density at radius 3 is 2.88 bits per heavy atom. The maximum atomic E-state index is 5.95. The summed E-state index contributed by atoms with van der Waals surface area (Å²) in [6.45, 7) is 4.66. The standard InChI is InChI=1S/C13H15ClN2O/c1-9-6-13(17-16-9)8-15-10(2)11-4-3-5-12(14)7-11/h3-7,10,15H,8H2,1-2H3. The van der Waals surface area contributed by atoms with Crippen molar-refractivity contribution in [2.45, 2.75) is 26.4 Å². The molecule has 1 unspecified atom stereocenters. The van der Waals surface area contributed by atoms with Crippen molar-refractivity contribution >= 4 is 11.6 Å². The number of benzene rings is 1. The van der Waals surface area contributed by atoms with Crippen LogP contribution in [0.2, 0.25) is 5.02 Å². The van der Waals surface area contributed by atoms with E-state index in [9.17, 15) is 0 Å². The maximum absolute atomic E-state index is 5.95. The van der Waals surface area contributed by atoms with Gasteiger partial charge in [-0.1, -0.05) is 28.9 Å². The summed E-state index contributed by atoms with van der Waals surface area (Å²) in [6.07, 6.45) is 0. The van der Waals surface area contributed by atoms with Crippen molar-refractivity contribution in [3.63, 3.8) is 0 Å². The molecule has 1 N–H and O–H groups in total. The highest BCUT2D eigenvalue weighted by Gasteiger charge is 2.07.